The fourth-order valence-corrected chi connectivity index (χ4v) is 3.86. The van der Waals surface area contributed by atoms with Crippen molar-refractivity contribution >= 4 is 33.8 Å². The van der Waals surface area contributed by atoms with Crippen LogP contribution in [0, 0.1) is 11.8 Å². The number of carbonyl (C=O) groups is 1. The van der Waals surface area contributed by atoms with E-state index in [1.165, 1.54) is 22.8 Å². The summed E-state index contributed by atoms with van der Waals surface area (Å²) in [5.41, 5.74) is 1.20. The first-order chi connectivity index (χ1) is 20.8. The lowest BCUT2D eigenvalue weighted by Crippen LogP contribution is -2.36. The molecule has 1 amide bonds. The number of amides is 1. The van der Waals surface area contributed by atoms with Crippen LogP contribution in [0.3, 0.4) is 0 Å². The van der Waals surface area contributed by atoms with Gasteiger partial charge in [-0.1, -0.05) is 13.8 Å². The van der Waals surface area contributed by atoms with Crippen molar-refractivity contribution in [2.45, 2.75) is 26.6 Å². The van der Waals surface area contributed by atoms with Crippen molar-refractivity contribution in [3.8, 4) is 11.4 Å². The Morgan fingerprint density at radius 1 is 1.26 bits per heavy atom. The van der Waals surface area contributed by atoms with E-state index >= 15 is 0 Å². The normalized spacial score (nSPS) is 31.2. The number of aryl methyl sites for hydroxylation is 1. The van der Waals surface area contributed by atoms with Gasteiger partial charge in [-0.2, -0.15) is 0 Å². The van der Waals surface area contributed by atoms with E-state index in [4.69, 9.17) is 15.1 Å². The van der Waals surface area contributed by atoms with Crippen LogP contribution in [0.4, 0.5) is 11.5 Å². The van der Waals surface area contributed by atoms with E-state index < -0.39 is 50.7 Å². The van der Waals surface area contributed by atoms with Crippen LogP contribution in [0.5, 0.6) is 0 Å². The molecule has 4 aromatic rings. The molecule has 1 N–H and O–H groups in total. The minimum absolute atomic E-state index is 0.166. The molecule has 2 atom stereocenters. The quantitative estimate of drug-likeness (QED) is 0.480. The van der Waals surface area contributed by atoms with Gasteiger partial charge >= 0.3 is 0 Å². The fourth-order valence-electron chi connectivity index (χ4n) is 3.86. The largest absolute Gasteiger partial charge is 0.378 e. The van der Waals surface area contributed by atoms with Crippen LogP contribution in [-0.2, 0) is 16.0 Å². The van der Waals surface area contributed by atoms with Crippen LogP contribution < -0.4 is 10.2 Å². The van der Waals surface area contributed by atoms with Gasteiger partial charge in [-0.05, 0) is 37.0 Å². The average molecular weight is 469 g/mol. The molecule has 0 radical (unpaired) electrons. The van der Waals surface area contributed by atoms with Crippen molar-refractivity contribution in [1.29, 1.82) is 0 Å². The smallest absolute Gasteiger partial charge is 0.228 e. The lowest BCUT2D eigenvalue weighted by Gasteiger charge is -2.28. The molecule has 9 nitrogen and oxygen atoms in total. The molecule has 0 bridgehead atoms. The summed E-state index contributed by atoms with van der Waals surface area (Å²) in [5, 5.41) is 8.44. The molecule has 2 aliphatic rings. The number of nitrogens with one attached hydrogen (secondary N) is 1. The summed E-state index contributed by atoms with van der Waals surface area (Å²) in [6.45, 7) is -13.0. The molecular formula is C25H27N7O2. The summed E-state index contributed by atoms with van der Waals surface area (Å²) in [6.07, 6.45) is 5.14. The van der Waals surface area contributed by atoms with Crippen molar-refractivity contribution in [3.63, 3.8) is 0 Å². The third-order valence-corrected chi connectivity index (χ3v) is 5.80. The fraction of sp³-hybridized carbons (Fsp3) is 0.400. The van der Waals surface area contributed by atoms with Crippen LogP contribution in [0.2, 0.25) is 0 Å². The maximum Gasteiger partial charge on any atom is 0.228 e. The van der Waals surface area contributed by atoms with Gasteiger partial charge in [0, 0.05) is 57.4 Å². The van der Waals surface area contributed by atoms with E-state index in [1.54, 1.807) is 18.5 Å². The zero-order valence-electron chi connectivity index (χ0n) is 29.0. The van der Waals surface area contributed by atoms with E-state index in [2.05, 4.69) is 30.1 Å². The number of carbonyl (C=O) groups excluding carboxylic acids is 1. The molecule has 2 fully saturated rings. The summed E-state index contributed by atoms with van der Waals surface area (Å²) in [5.74, 6) is -1.41. The number of hydrogen-bond donors (Lipinski definition) is 1. The molecule has 1 saturated heterocycles. The summed E-state index contributed by atoms with van der Waals surface area (Å²) < 4.78 is 93.8. The summed E-state index contributed by atoms with van der Waals surface area (Å²) >= 11 is 0. The number of ether oxygens (including phenoxy) is 1. The molecule has 0 aromatic carbocycles. The number of anilines is 2. The molecule has 4 aromatic heterocycles. The minimum atomic E-state index is -3.22. The Balaban J connectivity index is 1.40. The highest BCUT2D eigenvalue weighted by molar-refractivity contribution is 6.00. The van der Waals surface area contributed by atoms with Gasteiger partial charge in [0.25, 0.3) is 0 Å². The molecular weight excluding hydrogens is 430 g/mol. The summed E-state index contributed by atoms with van der Waals surface area (Å²) in [4.78, 5) is 26.5. The number of rotatable bonds is 5. The molecule has 0 spiro atoms. The molecule has 9 heteroatoms. The Kier molecular flexibility index (Phi) is 2.99. The number of hydrogen-bond acceptors (Lipinski definition) is 7. The second-order valence-corrected chi connectivity index (χ2v) is 8.02. The second kappa shape index (κ2) is 8.32. The highest BCUT2D eigenvalue weighted by Crippen LogP contribution is 2.38. The second-order valence-electron chi connectivity index (χ2n) is 8.02. The zero-order chi connectivity index (χ0) is 32.9. The Morgan fingerprint density at radius 2 is 2.15 bits per heavy atom. The van der Waals surface area contributed by atoms with Gasteiger partial charge in [0.2, 0.25) is 5.91 Å². The number of fused-ring (bicyclic) bond motifs is 2. The van der Waals surface area contributed by atoms with Gasteiger partial charge < -0.3 is 15.0 Å². The van der Waals surface area contributed by atoms with E-state index in [0.717, 1.165) is 5.69 Å². The predicted molar refractivity (Wildman–Crippen MR) is 130 cm³/mol. The molecule has 5 heterocycles. The lowest BCUT2D eigenvalue weighted by atomic mass is 10.1. The maximum atomic E-state index is 12.7. The van der Waals surface area contributed by atoms with E-state index in [1.807, 2.05) is 6.92 Å². The first kappa shape index (κ1) is 12.2. The maximum absolute atomic E-state index is 12.7. The van der Waals surface area contributed by atoms with Crippen molar-refractivity contribution in [2.24, 2.45) is 11.8 Å². The first-order valence-electron chi connectivity index (χ1n) is 16.2. The zero-order valence-corrected chi connectivity index (χ0v) is 18.0. The van der Waals surface area contributed by atoms with Crippen LogP contribution in [-0.4, -0.2) is 56.6 Å². The van der Waals surface area contributed by atoms with Crippen LogP contribution in [0.15, 0.2) is 36.8 Å². The number of pyridine rings is 3. The van der Waals surface area contributed by atoms with E-state index in [9.17, 15) is 4.79 Å². The molecule has 174 valence electrons. The van der Waals surface area contributed by atoms with Gasteiger partial charge in [0.15, 0.2) is 11.5 Å². The van der Waals surface area contributed by atoms with Gasteiger partial charge in [0.1, 0.15) is 5.82 Å². The van der Waals surface area contributed by atoms with Crippen molar-refractivity contribution in [2.75, 3.05) is 36.3 Å². The van der Waals surface area contributed by atoms with Crippen molar-refractivity contribution < 1.29 is 24.6 Å². The van der Waals surface area contributed by atoms with Gasteiger partial charge in [-0.3, -0.25) is 9.78 Å². The van der Waals surface area contributed by atoms with E-state index in [-0.39, 0.29) is 29.4 Å². The molecule has 1 aliphatic carbocycles. The van der Waals surface area contributed by atoms with Crippen LogP contribution in [0.1, 0.15) is 41.0 Å². The topological polar surface area (TPSA) is 97.5 Å². The summed E-state index contributed by atoms with van der Waals surface area (Å²) in [6, 6.07) is 4.30. The average Bonchev–Trinajstić information content (AvgIpc) is 3.65. The Hall–Kier alpha value is -3.59. The Bertz CT molecular complexity index is 1820. The lowest BCUT2D eigenvalue weighted by molar-refractivity contribution is -0.117. The molecule has 1 saturated carbocycles. The highest BCUT2D eigenvalue weighted by Gasteiger charge is 2.39. The number of aromatic nitrogens is 5. The minimum Gasteiger partial charge on any atom is -0.378 e. The standard InChI is InChI=1S/C25H27N7O2/c1-3-21-19-12-27-22(28-25(33)17-10-15(17)2)11-18(19)20(13-26-21)24-29-23-5-4-16(14-32(23)30-24)31-6-8-34-9-7-31/h4-5,11-15,17H,3,6-10H2,1-2H3,(H,27,28,33)/t15-,17+/m1/s1/i2D3,6D2,7D2,8D2,9D2. The number of nitrogens with zero attached hydrogens (tertiary/aromatic N) is 6. The molecule has 1 aliphatic heterocycles. The Labute approximate surface area is 212 Å². The van der Waals surface area contributed by atoms with Crippen LogP contribution >= 0.6 is 0 Å². The highest BCUT2D eigenvalue weighted by atomic mass is 16.5. The summed E-state index contributed by atoms with van der Waals surface area (Å²) in [7, 11) is 0. The number of morpholine rings is 1. The van der Waals surface area contributed by atoms with Crippen molar-refractivity contribution in [1.82, 2.24) is 24.6 Å². The monoisotopic (exact) mass is 468 g/mol. The van der Waals surface area contributed by atoms with Gasteiger partial charge in [-0.15, -0.1) is 5.10 Å². The SMILES string of the molecule is [2H]C([2H])([2H])[C@@H]1C[C@@H]1C(=O)Nc1cc2c(-c3nc4ccc(N5C([2H])([2H])C([2H])([2H])OC([2H])([2H])C5([2H])[2H])cn4n3)cnc(CC)c2cn1. The first-order valence-corrected chi connectivity index (χ1v) is 10.7. The van der Waals surface area contributed by atoms with Gasteiger partial charge in [0.05, 0.1) is 36.0 Å². The van der Waals surface area contributed by atoms with Crippen molar-refractivity contribution in [3.05, 3.63) is 42.5 Å². The molecule has 6 rings (SSSR count). The van der Waals surface area contributed by atoms with E-state index in [0.29, 0.717) is 27.7 Å². The Morgan fingerprint density at radius 3 is 2.94 bits per heavy atom. The van der Waals surface area contributed by atoms with Crippen LogP contribution in [0.25, 0.3) is 27.8 Å². The molecule has 0 unspecified atom stereocenters. The third kappa shape index (κ3) is 3.75. The molecule has 34 heavy (non-hydrogen) atoms. The third-order valence-electron chi connectivity index (χ3n) is 5.80. The predicted octanol–water partition coefficient (Wildman–Crippen LogP) is 3.33. The van der Waals surface area contributed by atoms with Gasteiger partial charge in [-0.25, -0.2) is 14.5 Å².